The highest BCUT2D eigenvalue weighted by atomic mass is 32.1. The number of hydrogen-bond donors (Lipinski definition) is 2. The van der Waals surface area contributed by atoms with Gasteiger partial charge in [0.1, 0.15) is 6.10 Å². The van der Waals surface area contributed by atoms with Gasteiger partial charge in [-0.3, -0.25) is 4.79 Å². The van der Waals surface area contributed by atoms with E-state index in [1.807, 2.05) is 43.2 Å². The quantitative estimate of drug-likeness (QED) is 0.392. The Morgan fingerprint density at radius 2 is 1.98 bits per heavy atom. The van der Waals surface area contributed by atoms with Crippen molar-refractivity contribution in [2.75, 3.05) is 13.1 Å². The molecule has 0 aromatic carbocycles. The molecule has 6 rings (SSSR count). The third kappa shape index (κ3) is 5.47. The Hall–Kier alpha value is -3.73. The first-order valence-electron chi connectivity index (χ1n) is 14.0. The second-order valence-corrected chi connectivity index (χ2v) is 13.5. The van der Waals surface area contributed by atoms with Crippen LogP contribution in [-0.2, 0) is 5.54 Å². The summed E-state index contributed by atoms with van der Waals surface area (Å²) in [5.74, 6) is 1.66. The van der Waals surface area contributed by atoms with E-state index in [2.05, 4.69) is 35.3 Å². The molecule has 216 valence electrons. The van der Waals surface area contributed by atoms with Crippen LogP contribution < -0.4 is 10.1 Å². The predicted molar refractivity (Wildman–Crippen MR) is 155 cm³/mol. The van der Waals surface area contributed by atoms with Crippen molar-refractivity contribution in [3.63, 3.8) is 0 Å². The van der Waals surface area contributed by atoms with Gasteiger partial charge in [-0.1, -0.05) is 19.9 Å². The van der Waals surface area contributed by atoms with E-state index in [1.54, 1.807) is 16.4 Å². The molecule has 2 N–H and O–H groups in total. The molecule has 2 aliphatic carbocycles. The van der Waals surface area contributed by atoms with E-state index in [1.165, 1.54) is 16.9 Å². The number of aryl methyl sites for hydroxylation is 1. The van der Waals surface area contributed by atoms with Crippen LogP contribution in [0.25, 0.3) is 11.4 Å². The maximum Gasteiger partial charge on any atom is 0.405 e. The van der Waals surface area contributed by atoms with Crippen molar-refractivity contribution < 1.29 is 19.4 Å². The molecule has 1 saturated carbocycles. The lowest BCUT2D eigenvalue weighted by Gasteiger charge is -2.30. The number of amides is 2. The summed E-state index contributed by atoms with van der Waals surface area (Å²) >= 11 is 1.48. The highest BCUT2D eigenvalue weighted by molar-refractivity contribution is 7.07. The summed E-state index contributed by atoms with van der Waals surface area (Å²) in [6, 6.07) is 3.83. The van der Waals surface area contributed by atoms with Crippen LogP contribution in [0, 0.1) is 24.2 Å². The highest BCUT2D eigenvalue weighted by Gasteiger charge is 2.59. The number of thiazole rings is 1. The number of pyridine rings is 1. The summed E-state index contributed by atoms with van der Waals surface area (Å²) in [5, 5.41) is 18.4. The monoisotopic (exact) mass is 576 g/mol. The van der Waals surface area contributed by atoms with Crippen molar-refractivity contribution in [1.29, 1.82) is 0 Å². The third-order valence-corrected chi connectivity index (χ3v) is 9.26. The van der Waals surface area contributed by atoms with Gasteiger partial charge in [-0.15, -0.1) is 11.3 Å². The number of hydrogen-bond acceptors (Lipinski definition) is 7. The highest BCUT2D eigenvalue weighted by Crippen LogP contribution is 2.48. The number of allylic oxidation sites excluding steroid dienone is 2. The van der Waals surface area contributed by atoms with E-state index in [-0.39, 0.29) is 29.3 Å². The smallest absolute Gasteiger partial charge is 0.405 e. The van der Waals surface area contributed by atoms with Crippen molar-refractivity contribution in [3.05, 3.63) is 57.8 Å². The minimum absolute atomic E-state index is 0.0222. The summed E-state index contributed by atoms with van der Waals surface area (Å²) in [6.07, 6.45) is 5.86. The van der Waals surface area contributed by atoms with Gasteiger partial charge in [-0.2, -0.15) is 5.10 Å². The molecule has 2 fully saturated rings. The van der Waals surface area contributed by atoms with Gasteiger partial charge in [0.2, 0.25) is 5.88 Å². The zero-order valence-electron chi connectivity index (χ0n) is 24.0. The number of carboxylic acid groups (broad SMARTS) is 1. The number of rotatable bonds is 7. The maximum atomic E-state index is 13.3. The first-order chi connectivity index (χ1) is 19.4. The fourth-order valence-corrected chi connectivity index (χ4v) is 6.49. The van der Waals surface area contributed by atoms with E-state index in [9.17, 15) is 14.7 Å². The normalized spacial score (nSPS) is 23.1. The Balaban J connectivity index is 1.17. The summed E-state index contributed by atoms with van der Waals surface area (Å²) in [5.41, 5.74) is 5.27. The number of likely N-dealkylation sites (tertiary alicyclic amines) is 1. The van der Waals surface area contributed by atoms with E-state index >= 15 is 0 Å². The van der Waals surface area contributed by atoms with Crippen molar-refractivity contribution in [2.24, 2.45) is 17.3 Å². The Bertz CT molecular complexity index is 1510. The molecule has 11 heteroatoms. The fourth-order valence-electron chi connectivity index (χ4n) is 5.97. The summed E-state index contributed by atoms with van der Waals surface area (Å²) in [6.45, 7) is 11.3. The van der Waals surface area contributed by atoms with E-state index in [4.69, 9.17) is 9.72 Å². The average Bonchev–Trinajstić information content (AvgIpc) is 3.41. The zero-order chi connectivity index (χ0) is 29.1. The Morgan fingerprint density at radius 3 is 2.61 bits per heavy atom. The molecular weight excluding hydrogens is 540 g/mol. The van der Waals surface area contributed by atoms with Gasteiger partial charge in [0.05, 0.1) is 28.0 Å². The number of nitrogens with zero attached hydrogens (tertiary/aromatic N) is 5. The molecule has 3 aromatic rings. The second-order valence-electron chi connectivity index (χ2n) is 12.8. The summed E-state index contributed by atoms with van der Waals surface area (Å²) < 4.78 is 8.10. The van der Waals surface area contributed by atoms with Crippen LogP contribution in [0.3, 0.4) is 0 Å². The Kier molecular flexibility index (Phi) is 6.67. The topological polar surface area (TPSA) is 122 Å². The number of ether oxygens (including phenoxy) is 1. The minimum atomic E-state index is -1.08. The maximum absolute atomic E-state index is 13.3. The second kappa shape index (κ2) is 9.97. The molecule has 41 heavy (non-hydrogen) atoms. The lowest BCUT2D eigenvalue weighted by molar-refractivity contribution is 0.0750. The number of carbonyl (C=O) groups is 2. The van der Waals surface area contributed by atoms with Gasteiger partial charge in [-0.05, 0) is 62.7 Å². The Morgan fingerprint density at radius 1 is 1.22 bits per heavy atom. The van der Waals surface area contributed by atoms with Crippen molar-refractivity contribution in [1.82, 2.24) is 30.0 Å². The van der Waals surface area contributed by atoms with Gasteiger partial charge in [0.15, 0.2) is 5.82 Å². The van der Waals surface area contributed by atoms with Crippen LogP contribution in [0.2, 0.25) is 0 Å². The van der Waals surface area contributed by atoms with Crippen molar-refractivity contribution in [3.8, 4) is 11.7 Å². The lowest BCUT2D eigenvalue weighted by atomic mass is 9.77. The molecule has 1 saturated heterocycles. The third-order valence-electron chi connectivity index (χ3n) is 8.69. The van der Waals surface area contributed by atoms with Crippen LogP contribution in [0.15, 0.2) is 35.3 Å². The molecule has 3 aromatic heterocycles. The van der Waals surface area contributed by atoms with Crippen LogP contribution in [0.5, 0.6) is 5.88 Å². The molecule has 10 nitrogen and oxygen atoms in total. The number of piperidine rings is 1. The van der Waals surface area contributed by atoms with Crippen LogP contribution in [-0.4, -0.2) is 60.9 Å². The van der Waals surface area contributed by atoms with Crippen LogP contribution in [0.4, 0.5) is 4.79 Å². The van der Waals surface area contributed by atoms with Crippen molar-refractivity contribution in [2.45, 2.75) is 65.5 Å². The van der Waals surface area contributed by atoms with Crippen molar-refractivity contribution >= 4 is 28.9 Å². The number of carbonyl (C=O) groups excluding carboxylic acids is 1. The van der Waals surface area contributed by atoms with Crippen LogP contribution in [0.1, 0.15) is 74.3 Å². The lowest BCUT2D eigenvalue weighted by Crippen LogP contribution is -2.40. The van der Waals surface area contributed by atoms with E-state index in [0.717, 1.165) is 30.5 Å². The van der Waals surface area contributed by atoms with Gasteiger partial charge in [0.25, 0.3) is 5.91 Å². The van der Waals surface area contributed by atoms with Gasteiger partial charge in [-0.25, -0.2) is 19.4 Å². The SMILES string of the molecule is Cc1nn(-c2cscn2)cc1C(=O)N1C[C@@H]2[C@H](C1)[C@@H]2Oc1cc(C(C)(C)NC(=O)O)cc(C2=CCC(C)(C)CC2)n1. The van der Waals surface area contributed by atoms with Gasteiger partial charge >= 0.3 is 6.09 Å². The summed E-state index contributed by atoms with van der Waals surface area (Å²) in [4.78, 5) is 35.9. The van der Waals surface area contributed by atoms with E-state index in [0.29, 0.717) is 36.0 Å². The first kappa shape index (κ1) is 27.4. The molecule has 3 atom stereocenters. The summed E-state index contributed by atoms with van der Waals surface area (Å²) in [7, 11) is 0. The van der Waals surface area contributed by atoms with E-state index < -0.39 is 11.6 Å². The Labute approximate surface area is 243 Å². The standard InChI is InChI=1S/C30H36N6O4S/c1-17-20(14-36(34-17)24-15-41-16-31-24)27(37)35-12-21-22(13-35)26(21)40-25-11-19(30(4,5)33-28(38)39)10-23(32-25)18-6-8-29(2,3)9-7-18/h6,10-11,14-16,21-22,26,33H,7-9,12-13H2,1-5H3,(H,38,39)/t21-,22+,26-. The molecule has 2 amide bonds. The zero-order valence-corrected chi connectivity index (χ0v) is 24.9. The molecule has 0 unspecified atom stereocenters. The largest absolute Gasteiger partial charge is 0.474 e. The predicted octanol–water partition coefficient (Wildman–Crippen LogP) is 5.28. The average molecular weight is 577 g/mol. The minimum Gasteiger partial charge on any atom is -0.474 e. The van der Waals surface area contributed by atoms with Gasteiger partial charge in [0, 0.05) is 42.6 Å². The number of fused-ring (bicyclic) bond motifs is 1. The first-order valence-corrected chi connectivity index (χ1v) is 15.0. The molecule has 3 aliphatic rings. The molecule has 0 bridgehead atoms. The molecular formula is C30H36N6O4S. The molecule has 0 radical (unpaired) electrons. The molecule has 4 heterocycles. The number of nitrogens with one attached hydrogen (secondary N) is 1. The van der Waals surface area contributed by atoms with Crippen LogP contribution >= 0.6 is 11.3 Å². The van der Waals surface area contributed by atoms with Gasteiger partial charge < -0.3 is 20.1 Å². The molecule has 0 spiro atoms. The molecule has 1 aliphatic heterocycles. The fraction of sp³-hybridized carbons (Fsp3) is 0.500. The number of aromatic nitrogens is 4.